The van der Waals surface area contributed by atoms with E-state index in [1.807, 2.05) is 0 Å². The molecule has 8 heavy (non-hydrogen) atoms. The normalized spacial score (nSPS) is 45.0. The molecule has 3 aliphatic heterocycles. The fourth-order valence-corrected chi connectivity index (χ4v) is 26.4. The van der Waals surface area contributed by atoms with E-state index in [1.165, 1.54) is 0 Å². The Balaban J connectivity index is 2.03. The summed E-state index contributed by atoms with van der Waals surface area (Å²) in [7, 11) is 0. The number of hydrogen-bond acceptors (Lipinski definition) is 0. The van der Waals surface area contributed by atoms with Gasteiger partial charge >= 0.3 is 60.6 Å². The monoisotopic (exact) mass is 234 g/mol. The first-order chi connectivity index (χ1) is 3.95. The van der Waals surface area contributed by atoms with Gasteiger partial charge in [-0.15, -0.1) is 0 Å². The van der Waals surface area contributed by atoms with E-state index < -0.39 is 0 Å². The second-order valence-electron chi connectivity index (χ2n) is 2.68. The fraction of sp³-hybridized carbons (Fsp3) is 1.00. The number of fused-ring (bicyclic) bond motifs is 3. The zero-order chi connectivity index (χ0) is 5.40. The molecule has 0 saturated carbocycles. The summed E-state index contributed by atoms with van der Waals surface area (Å²) in [5.74, 6) is 0. The van der Waals surface area contributed by atoms with Gasteiger partial charge in [0.15, 0.2) is 0 Å². The molecule has 3 aliphatic rings. The maximum atomic E-state index is 1.77. The molecule has 2 heteroatoms. The van der Waals surface area contributed by atoms with Crippen LogP contribution >= 0.6 is 0 Å². The number of hydrogen-bond donors (Lipinski definition) is 0. The Kier molecular flexibility index (Phi) is 1.75. The zero-order valence-corrected chi connectivity index (χ0v) is 8.89. The van der Waals surface area contributed by atoms with Gasteiger partial charge in [0.25, 0.3) is 0 Å². The van der Waals surface area contributed by atoms with Crippen molar-refractivity contribution in [3.63, 3.8) is 0 Å². The summed E-state index contributed by atoms with van der Waals surface area (Å²) in [6, 6.07) is 0. The van der Waals surface area contributed by atoms with Gasteiger partial charge in [-0.05, 0) is 0 Å². The van der Waals surface area contributed by atoms with E-state index in [4.69, 9.17) is 0 Å². The summed E-state index contributed by atoms with van der Waals surface area (Å²) in [5.41, 5.74) is 0. The van der Waals surface area contributed by atoms with Gasteiger partial charge in [0.05, 0.1) is 0 Å². The molecular weight excluding hydrogens is 222 g/mol. The standard InChI is InChI=1S/C6H12As2/c1-2-8-5-3-7(1)4-6-8/h1-6H2. The van der Waals surface area contributed by atoms with E-state index in [-0.39, 0.29) is 29.3 Å². The van der Waals surface area contributed by atoms with Crippen LogP contribution in [0.3, 0.4) is 0 Å². The summed E-state index contributed by atoms with van der Waals surface area (Å²) in [5, 5.41) is 10.6. The van der Waals surface area contributed by atoms with Crippen LogP contribution in [0.25, 0.3) is 0 Å². The van der Waals surface area contributed by atoms with E-state index in [2.05, 4.69) is 0 Å². The van der Waals surface area contributed by atoms with Crippen LogP contribution in [0.2, 0.25) is 31.3 Å². The van der Waals surface area contributed by atoms with E-state index in [0.29, 0.717) is 0 Å². The van der Waals surface area contributed by atoms with Gasteiger partial charge in [0.2, 0.25) is 0 Å². The Morgan fingerprint density at radius 2 is 0.750 bits per heavy atom. The molecule has 3 saturated heterocycles. The van der Waals surface area contributed by atoms with Crippen LogP contribution in [0.5, 0.6) is 0 Å². The van der Waals surface area contributed by atoms with Gasteiger partial charge in [-0.25, -0.2) is 0 Å². The Morgan fingerprint density at radius 1 is 0.500 bits per heavy atom. The first-order valence-corrected chi connectivity index (χ1v) is 11.4. The minimum absolute atomic E-state index is 0.0625. The van der Waals surface area contributed by atoms with E-state index >= 15 is 0 Å². The molecule has 0 aromatic rings. The van der Waals surface area contributed by atoms with Gasteiger partial charge in [-0.2, -0.15) is 0 Å². The van der Waals surface area contributed by atoms with Gasteiger partial charge in [0.1, 0.15) is 0 Å². The molecule has 0 N–H and O–H groups in total. The third-order valence-electron chi connectivity index (χ3n) is 2.20. The van der Waals surface area contributed by atoms with Crippen molar-refractivity contribution >= 4 is 29.3 Å². The number of rotatable bonds is 0. The Hall–Kier alpha value is 1.12. The van der Waals surface area contributed by atoms with Crippen LogP contribution < -0.4 is 0 Å². The summed E-state index contributed by atoms with van der Waals surface area (Å²) in [6.07, 6.45) is 0. The molecule has 0 amide bonds. The van der Waals surface area contributed by atoms with E-state index in [9.17, 15) is 0 Å². The molecule has 2 bridgehead atoms. The molecular formula is C6H12As2. The maximum absolute atomic E-state index is 1.77. The molecule has 3 fully saturated rings. The third kappa shape index (κ3) is 1.03. The van der Waals surface area contributed by atoms with E-state index in [1.54, 1.807) is 31.3 Å². The van der Waals surface area contributed by atoms with Crippen LogP contribution in [0.4, 0.5) is 0 Å². The molecule has 0 radical (unpaired) electrons. The van der Waals surface area contributed by atoms with Crippen molar-refractivity contribution < 1.29 is 0 Å². The average Bonchev–Trinajstić information content (AvgIpc) is 1.92. The van der Waals surface area contributed by atoms with Crippen LogP contribution in [-0.4, -0.2) is 29.3 Å². The molecule has 3 heterocycles. The first kappa shape index (κ1) is 5.87. The van der Waals surface area contributed by atoms with Gasteiger partial charge < -0.3 is 0 Å². The van der Waals surface area contributed by atoms with Crippen molar-refractivity contribution in [1.82, 2.24) is 0 Å². The van der Waals surface area contributed by atoms with Crippen LogP contribution in [0.1, 0.15) is 0 Å². The molecule has 0 aliphatic carbocycles. The first-order valence-electron chi connectivity index (χ1n) is 3.40. The topological polar surface area (TPSA) is 0 Å². The molecule has 0 unspecified atom stereocenters. The summed E-state index contributed by atoms with van der Waals surface area (Å²) in [6.45, 7) is 0. The second kappa shape index (κ2) is 2.39. The van der Waals surface area contributed by atoms with Crippen molar-refractivity contribution in [3.8, 4) is 0 Å². The molecule has 0 spiro atoms. The average molecular weight is 234 g/mol. The molecule has 0 aromatic carbocycles. The van der Waals surface area contributed by atoms with Crippen LogP contribution in [0.15, 0.2) is 0 Å². The Labute approximate surface area is 60.6 Å². The van der Waals surface area contributed by atoms with Crippen LogP contribution in [0, 0.1) is 0 Å². The van der Waals surface area contributed by atoms with Crippen molar-refractivity contribution in [1.29, 1.82) is 0 Å². The minimum atomic E-state index is -0.0625. The zero-order valence-electron chi connectivity index (χ0n) is 5.14. The second-order valence-corrected chi connectivity index (χ2v) is 13.9. The van der Waals surface area contributed by atoms with Crippen molar-refractivity contribution in [3.05, 3.63) is 0 Å². The van der Waals surface area contributed by atoms with Gasteiger partial charge in [0, 0.05) is 0 Å². The predicted octanol–water partition coefficient (Wildman–Crippen LogP) is 2.00. The molecule has 0 aromatic heterocycles. The van der Waals surface area contributed by atoms with Gasteiger partial charge in [-0.1, -0.05) is 0 Å². The van der Waals surface area contributed by atoms with Crippen LogP contribution in [-0.2, 0) is 0 Å². The fourth-order valence-electron chi connectivity index (χ4n) is 1.52. The summed E-state index contributed by atoms with van der Waals surface area (Å²) < 4.78 is 0. The van der Waals surface area contributed by atoms with E-state index in [0.717, 1.165) is 0 Å². The predicted molar refractivity (Wildman–Crippen MR) is 40.4 cm³/mol. The SMILES string of the molecule is C1C[As]2CC[As]1CC2. The Bertz CT molecular complexity index is 61.5. The van der Waals surface area contributed by atoms with Gasteiger partial charge in [-0.3, -0.25) is 0 Å². The molecule has 3 rings (SSSR count). The van der Waals surface area contributed by atoms with Crippen molar-refractivity contribution in [2.24, 2.45) is 0 Å². The summed E-state index contributed by atoms with van der Waals surface area (Å²) in [4.78, 5) is 0. The molecule has 0 nitrogen and oxygen atoms in total. The summed E-state index contributed by atoms with van der Waals surface area (Å²) >= 11 is -0.125. The molecule has 0 atom stereocenters. The van der Waals surface area contributed by atoms with Crippen molar-refractivity contribution in [2.45, 2.75) is 31.3 Å². The third-order valence-corrected chi connectivity index (χ3v) is 18.0. The quantitative estimate of drug-likeness (QED) is 0.562. The van der Waals surface area contributed by atoms with Crippen molar-refractivity contribution in [2.75, 3.05) is 0 Å². The molecule has 46 valence electrons. The Morgan fingerprint density at radius 3 is 0.875 bits per heavy atom.